The first kappa shape index (κ1) is 11.4. The maximum atomic E-state index is 9.90. The lowest BCUT2D eigenvalue weighted by Crippen LogP contribution is -2.24. The highest BCUT2D eigenvalue weighted by molar-refractivity contribution is 5.36. The Morgan fingerprint density at radius 1 is 1.50 bits per heavy atom. The molecule has 0 aromatic rings. The van der Waals surface area contributed by atoms with Crippen molar-refractivity contribution < 1.29 is 14.6 Å². The SMILES string of the molecule is CCCC(O)C(CC)COC=O. The van der Waals surface area contributed by atoms with Crippen LogP contribution in [0.15, 0.2) is 0 Å². The van der Waals surface area contributed by atoms with Crippen LogP contribution >= 0.6 is 0 Å². The zero-order chi connectivity index (χ0) is 9.40. The normalized spacial score (nSPS) is 15.2. The van der Waals surface area contributed by atoms with Crippen LogP contribution in [-0.2, 0) is 9.53 Å². The molecule has 0 heterocycles. The van der Waals surface area contributed by atoms with Crippen molar-refractivity contribution in [1.82, 2.24) is 0 Å². The average molecular weight is 174 g/mol. The van der Waals surface area contributed by atoms with Crippen molar-refractivity contribution in [3.63, 3.8) is 0 Å². The smallest absolute Gasteiger partial charge is 0.293 e. The molecule has 0 aromatic carbocycles. The molecule has 0 amide bonds. The quantitative estimate of drug-likeness (QED) is 0.592. The minimum Gasteiger partial charge on any atom is -0.468 e. The van der Waals surface area contributed by atoms with Crippen LogP contribution in [0.4, 0.5) is 0 Å². The summed E-state index contributed by atoms with van der Waals surface area (Å²) in [6.45, 7) is 4.77. The number of aliphatic hydroxyl groups is 1. The number of ether oxygens (including phenoxy) is 1. The number of hydrogen-bond acceptors (Lipinski definition) is 3. The molecule has 0 radical (unpaired) electrons. The summed E-state index contributed by atoms with van der Waals surface area (Å²) >= 11 is 0. The first-order chi connectivity index (χ1) is 5.76. The fourth-order valence-corrected chi connectivity index (χ4v) is 1.20. The summed E-state index contributed by atoms with van der Waals surface area (Å²) in [6.07, 6.45) is 2.24. The van der Waals surface area contributed by atoms with Gasteiger partial charge in [0.15, 0.2) is 0 Å². The van der Waals surface area contributed by atoms with Gasteiger partial charge < -0.3 is 9.84 Å². The zero-order valence-electron chi connectivity index (χ0n) is 7.82. The molecule has 0 rings (SSSR count). The van der Waals surface area contributed by atoms with E-state index in [1.54, 1.807) is 0 Å². The van der Waals surface area contributed by atoms with E-state index in [4.69, 9.17) is 0 Å². The molecule has 3 nitrogen and oxygen atoms in total. The van der Waals surface area contributed by atoms with Crippen molar-refractivity contribution in [1.29, 1.82) is 0 Å². The molecule has 0 fully saturated rings. The fraction of sp³-hybridized carbons (Fsp3) is 0.889. The molecule has 0 spiro atoms. The van der Waals surface area contributed by atoms with Gasteiger partial charge in [0, 0.05) is 5.92 Å². The molecule has 0 aromatic heterocycles. The maximum Gasteiger partial charge on any atom is 0.293 e. The van der Waals surface area contributed by atoms with Crippen LogP contribution in [0.2, 0.25) is 0 Å². The number of rotatable bonds is 7. The second-order valence-corrected chi connectivity index (χ2v) is 2.95. The van der Waals surface area contributed by atoms with Gasteiger partial charge >= 0.3 is 0 Å². The van der Waals surface area contributed by atoms with E-state index >= 15 is 0 Å². The number of carbonyl (C=O) groups excluding carboxylic acids is 1. The lowest BCUT2D eigenvalue weighted by atomic mass is 9.97. The molecule has 12 heavy (non-hydrogen) atoms. The zero-order valence-corrected chi connectivity index (χ0v) is 7.82. The summed E-state index contributed by atoms with van der Waals surface area (Å²) in [7, 11) is 0. The van der Waals surface area contributed by atoms with E-state index in [9.17, 15) is 9.90 Å². The van der Waals surface area contributed by atoms with Crippen LogP contribution in [0.5, 0.6) is 0 Å². The van der Waals surface area contributed by atoms with Gasteiger partial charge in [-0.1, -0.05) is 20.3 Å². The Morgan fingerprint density at radius 2 is 2.17 bits per heavy atom. The Kier molecular flexibility index (Phi) is 6.76. The summed E-state index contributed by atoms with van der Waals surface area (Å²) in [5.74, 6) is 0.0927. The molecule has 0 aliphatic carbocycles. The van der Waals surface area contributed by atoms with E-state index in [-0.39, 0.29) is 12.0 Å². The third kappa shape index (κ3) is 4.34. The lowest BCUT2D eigenvalue weighted by molar-refractivity contribution is -0.131. The molecule has 72 valence electrons. The van der Waals surface area contributed by atoms with E-state index in [0.717, 1.165) is 19.3 Å². The highest BCUT2D eigenvalue weighted by Crippen LogP contribution is 2.13. The summed E-state index contributed by atoms with van der Waals surface area (Å²) in [4.78, 5) is 9.90. The highest BCUT2D eigenvalue weighted by atomic mass is 16.5. The molecule has 2 atom stereocenters. The molecule has 3 heteroatoms. The van der Waals surface area contributed by atoms with Crippen LogP contribution in [0.1, 0.15) is 33.1 Å². The van der Waals surface area contributed by atoms with Gasteiger partial charge in [-0.2, -0.15) is 0 Å². The monoisotopic (exact) mass is 174 g/mol. The van der Waals surface area contributed by atoms with Gasteiger partial charge in [0.25, 0.3) is 6.47 Å². The Bertz CT molecular complexity index is 114. The van der Waals surface area contributed by atoms with Crippen molar-refractivity contribution in [3.8, 4) is 0 Å². The van der Waals surface area contributed by atoms with Gasteiger partial charge in [0.05, 0.1) is 12.7 Å². The molecular weight excluding hydrogens is 156 g/mol. The molecule has 0 aliphatic heterocycles. The number of hydrogen-bond donors (Lipinski definition) is 1. The van der Waals surface area contributed by atoms with Gasteiger partial charge in [-0.15, -0.1) is 0 Å². The topological polar surface area (TPSA) is 46.5 Å². The third-order valence-corrected chi connectivity index (χ3v) is 2.03. The maximum absolute atomic E-state index is 9.90. The van der Waals surface area contributed by atoms with Gasteiger partial charge in [0.1, 0.15) is 0 Å². The van der Waals surface area contributed by atoms with Gasteiger partial charge in [-0.3, -0.25) is 4.79 Å². The van der Waals surface area contributed by atoms with E-state index in [0.29, 0.717) is 13.1 Å². The average Bonchev–Trinajstić information content (AvgIpc) is 2.06. The molecular formula is C9H18O3. The molecule has 0 saturated heterocycles. The lowest BCUT2D eigenvalue weighted by Gasteiger charge is -2.19. The Morgan fingerprint density at radius 3 is 2.58 bits per heavy atom. The Balaban J connectivity index is 3.69. The first-order valence-electron chi connectivity index (χ1n) is 4.49. The second kappa shape index (κ2) is 7.10. The van der Waals surface area contributed by atoms with E-state index in [1.807, 2.05) is 13.8 Å². The van der Waals surface area contributed by atoms with Gasteiger partial charge in [-0.25, -0.2) is 0 Å². The summed E-state index contributed by atoms with van der Waals surface area (Å²) < 4.78 is 4.61. The second-order valence-electron chi connectivity index (χ2n) is 2.95. The van der Waals surface area contributed by atoms with Crippen molar-refractivity contribution in [2.75, 3.05) is 6.61 Å². The Hall–Kier alpha value is -0.570. The van der Waals surface area contributed by atoms with E-state index in [1.165, 1.54) is 0 Å². The van der Waals surface area contributed by atoms with Crippen molar-refractivity contribution >= 4 is 6.47 Å². The molecule has 2 unspecified atom stereocenters. The van der Waals surface area contributed by atoms with Crippen LogP contribution in [0, 0.1) is 5.92 Å². The van der Waals surface area contributed by atoms with Crippen molar-refractivity contribution in [2.45, 2.75) is 39.2 Å². The standard InChI is InChI=1S/C9H18O3/c1-3-5-9(11)8(4-2)6-12-7-10/h7-9,11H,3-6H2,1-2H3. The van der Waals surface area contributed by atoms with E-state index < -0.39 is 0 Å². The van der Waals surface area contributed by atoms with Crippen molar-refractivity contribution in [3.05, 3.63) is 0 Å². The highest BCUT2D eigenvalue weighted by Gasteiger charge is 2.16. The predicted molar refractivity (Wildman–Crippen MR) is 46.7 cm³/mol. The summed E-state index contributed by atoms with van der Waals surface area (Å²) in [6, 6.07) is 0. The number of aliphatic hydroxyl groups excluding tert-OH is 1. The van der Waals surface area contributed by atoms with Gasteiger partial charge in [0.2, 0.25) is 0 Å². The minimum atomic E-state index is -0.333. The molecule has 0 bridgehead atoms. The van der Waals surface area contributed by atoms with E-state index in [2.05, 4.69) is 4.74 Å². The predicted octanol–water partition coefficient (Wildman–Crippen LogP) is 1.35. The van der Waals surface area contributed by atoms with Crippen molar-refractivity contribution in [2.24, 2.45) is 5.92 Å². The molecule has 0 aliphatic rings. The molecule has 0 saturated carbocycles. The Labute approximate surface area is 73.7 Å². The fourth-order valence-electron chi connectivity index (χ4n) is 1.20. The minimum absolute atomic E-state index is 0.0927. The number of carbonyl (C=O) groups is 1. The largest absolute Gasteiger partial charge is 0.468 e. The summed E-state index contributed by atoms with van der Waals surface area (Å²) in [5, 5.41) is 9.54. The summed E-state index contributed by atoms with van der Waals surface area (Å²) in [5.41, 5.74) is 0. The van der Waals surface area contributed by atoms with Crippen LogP contribution < -0.4 is 0 Å². The van der Waals surface area contributed by atoms with Crippen LogP contribution in [0.3, 0.4) is 0 Å². The van der Waals surface area contributed by atoms with Gasteiger partial charge in [-0.05, 0) is 12.8 Å². The molecule has 1 N–H and O–H groups in total. The van der Waals surface area contributed by atoms with Crippen LogP contribution in [0.25, 0.3) is 0 Å². The first-order valence-corrected chi connectivity index (χ1v) is 4.49. The van der Waals surface area contributed by atoms with Crippen LogP contribution in [-0.4, -0.2) is 24.3 Å². The third-order valence-electron chi connectivity index (χ3n) is 2.03.